The lowest BCUT2D eigenvalue weighted by Gasteiger charge is -2.27. The first kappa shape index (κ1) is 11.7. The largest absolute Gasteiger partial charge is 0.347 e. The number of ether oxygens (including phenoxy) is 1. The van der Waals surface area contributed by atoms with Gasteiger partial charge in [-0.3, -0.25) is 19.1 Å². The Bertz CT molecular complexity index is 562. The standard InChI is InChI=1S/C10H11FN2O4/c1-5-7(14)2-3-8(17-5)13-4-6(11)9(15)12-10(13)16/h4-5,8H,2-3H2,1H3,(H,12,15,16). The van der Waals surface area contributed by atoms with Crippen LogP contribution in [-0.2, 0) is 9.53 Å². The lowest BCUT2D eigenvalue weighted by Crippen LogP contribution is -2.39. The van der Waals surface area contributed by atoms with Crippen molar-refractivity contribution in [2.24, 2.45) is 0 Å². The summed E-state index contributed by atoms with van der Waals surface area (Å²) in [6.45, 7) is 1.57. The minimum Gasteiger partial charge on any atom is -0.347 e. The number of rotatable bonds is 1. The number of nitrogens with one attached hydrogen (secondary N) is 1. The second-order valence-electron chi connectivity index (χ2n) is 3.88. The van der Waals surface area contributed by atoms with E-state index in [0.717, 1.165) is 10.8 Å². The van der Waals surface area contributed by atoms with Gasteiger partial charge in [0.05, 0.1) is 6.20 Å². The van der Waals surface area contributed by atoms with Crippen LogP contribution in [0.15, 0.2) is 15.8 Å². The summed E-state index contributed by atoms with van der Waals surface area (Å²) in [5.74, 6) is -1.11. The molecular formula is C10H11FN2O4. The molecular weight excluding hydrogens is 231 g/mol. The molecule has 1 aliphatic heterocycles. The van der Waals surface area contributed by atoms with Crippen LogP contribution in [0.1, 0.15) is 26.0 Å². The molecule has 1 aliphatic rings. The van der Waals surface area contributed by atoms with Gasteiger partial charge in [0.15, 0.2) is 5.78 Å². The Morgan fingerprint density at radius 1 is 1.47 bits per heavy atom. The molecule has 0 amide bonds. The van der Waals surface area contributed by atoms with Crippen LogP contribution in [0.25, 0.3) is 0 Å². The van der Waals surface area contributed by atoms with Crippen molar-refractivity contribution >= 4 is 5.78 Å². The van der Waals surface area contributed by atoms with Crippen LogP contribution in [0.2, 0.25) is 0 Å². The molecule has 0 aromatic carbocycles. The van der Waals surface area contributed by atoms with E-state index in [1.165, 1.54) is 0 Å². The fourth-order valence-electron chi connectivity index (χ4n) is 1.73. The molecule has 0 bridgehead atoms. The Labute approximate surface area is 95.0 Å². The minimum atomic E-state index is -1.06. The highest BCUT2D eigenvalue weighted by molar-refractivity contribution is 5.83. The number of carbonyl (C=O) groups is 1. The summed E-state index contributed by atoms with van der Waals surface area (Å²) < 4.78 is 19.3. The van der Waals surface area contributed by atoms with Crippen molar-refractivity contribution < 1.29 is 13.9 Å². The number of nitrogens with zero attached hydrogens (tertiary/aromatic N) is 1. The van der Waals surface area contributed by atoms with Gasteiger partial charge in [0, 0.05) is 6.42 Å². The zero-order valence-corrected chi connectivity index (χ0v) is 9.10. The molecule has 0 saturated carbocycles. The van der Waals surface area contributed by atoms with E-state index in [2.05, 4.69) is 0 Å². The van der Waals surface area contributed by atoms with Crippen LogP contribution in [-0.4, -0.2) is 21.4 Å². The van der Waals surface area contributed by atoms with Gasteiger partial charge < -0.3 is 4.74 Å². The Balaban J connectivity index is 2.35. The molecule has 1 saturated heterocycles. The molecule has 92 valence electrons. The van der Waals surface area contributed by atoms with E-state index in [9.17, 15) is 18.8 Å². The topological polar surface area (TPSA) is 81.2 Å². The minimum absolute atomic E-state index is 0.0563. The molecule has 0 radical (unpaired) electrons. The van der Waals surface area contributed by atoms with Crippen LogP contribution >= 0.6 is 0 Å². The summed E-state index contributed by atoms with van der Waals surface area (Å²) in [5, 5.41) is 0. The number of aromatic nitrogens is 2. The fourth-order valence-corrected chi connectivity index (χ4v) is 1.73. The fraction of sp³-hybridized carbons (Fsp3) is 0.500. The Hall–Kier alpha value is -1.76. The van der Waals surface area contributed by atoms with E-state index >= 15 is 0 Å². The molecule has 6 nitrogen and oxygen atoms in total. The average molecular weight is 242 g/mol. The molecule has 1 aromatic rings. The second kappa shape index (κ2) is 4.25. The van der Waals surface area contributed by atoms with Crippen LogP contribution in [0.3, 0.4) is 0 Å². The summed E-state index contributed by atoms with van der Waals surface area (Å²) >= 11 is 0. The zero-order chi connectivity index (χ0) is 12.6. The van der Waals surface area contributed by atoms with E-state index in [1.54, 1.807) is 6.92 Å². The second-order valence-corrected chi connectivity index (χ2v) is 3.88. The third kappa shape index (κ3) is 2.19. The molecule has 2 heterocycles. The maximum absolute atomic E-state index is 13.1. The Morgan fingerprint density at radius 3 is 2.82 bits per heavy atom. The van der Waals surface area contributed by atoms with Gasteiger partial charge in [-0.15, -0.1) is 0 Å². The van der Waals surface area contributed by atoms with Gasteiger partial charge in [-0.05, 0) is 13.3 Å². The van der Waals surface area contributed by atoms with Crippen molar-refractivity contribution in [3.8, 4) is 0 Å². The quantitative estimate of drug-likeness (QED) is 0.748. The summed E-state index contributed by atoms with van der Waals surface area (Å²) in [4.78, 5) is 35.4. The predicted octanol–water partition coefficient (Wildman–Crippen LogP) is -0.0577. The third-order valence-corrected chi connectivity index (χ3v) is 2.69. The van der Waals surface area contributed by atoms with Gasteiger partial charge in [-0.25, -0.2) is 4.79 Å². The highest BCUT2D eigenvalue weighted by atomic mass is 19.1. The number of hydrogen-bond donors (Lipinski definition) is 1. The average Bonchev–Trinajstić information content (AvgIpc) is 2.27. The zero-order valence-electron chi connectivity index (χ0n) is 9.10. The van der Waals surface area contributed by atoms with Gasteiger partial charge in [0.1, 0.15) is 12.3 Å². The van der Waals surface area contributed by atoms with E-state index in [-0.39, 0.29) is 18.6 Å². The van der Waals surface area contributed by atoms with Crippen molar-refractivity contribution in [3.63, 3.8) is 0 Å². The van der Waals surface area contributed by atoms with E-state index in [4.69, 9.17) is 4.74 Å². The molecule has 1 aromatic heterocycles. The van der Waals surface area contributed by atoms with Gasteiger partial charge in [0.2, 0.25) is 5.82 Å². The summed E-state index contributed by atoms with van der Waals surface area (Å²) in [7, 11) is 0. The first-order valence-electron chi connectivity index (χ1n) is 5.18. The molecule has 0 spiro atoms. The maximum atomic E-state index is 13.1. The Kier molecular flexibility index (Phi) is 2.93. The van der Waals surface area contributed by atoms with Gasteiger partial charge in [-0.1, -0.05) is 0 Å². The lowest BCUT2D eigenvalue weighted by molar-refractivity contribution is -0.148. The number of halogens is 1. The number of carbonyl (C=O) groups excluding carboxylic acids is 1. The molecule has 17 heavy (non-hydrogen) atoms. The van der Waals surface area contributed by atoms with Crippen LogP contribution < -0.4 is 11.2 Å². The number of ketones is 1. The summed E-state index contributed by atoms with van der Waals surface area (Å²) in [6, 6.07) is 0. The van der Waals surface area contributed by atoms with Crippen LogP contribution in [0, 0.1) is 5.82 Å². The normalized spacial score (nSPS) is 24.9. The molecule has 2 unspecified atom stereocenters. The molecule has 1 fully saturated rings. The van der Waals surface area contributed by atoms with Crippen LogP contribution in [0.5, 0.6) is 0 Å². The third-order valence-electron chi connectivity index (χ3n) is 2.69. The van der Waals surface area contributed by atoms with Crippen molar-refractivity contribution in [1.29, 1.82) is 0 Å². The number of aromatic amines is 1. The van der Waals surface area contributed by atoms with E-state index in [0.29, 0.717) is 0 Å². The van der Waals surface area contributed by atoms with E-state index in [1.807, 2.05) is 4.98 Å². The lowest BCUT2D eigenvalue weighted by atomic mass is 10.1. The molecule has 1 N–H and O–H groups in total. The summed E-state index contributed by atoms with van der Waals surface area (Å²) in [5.41, 5.74) is -1.81. The first-order chi connectivity index (χ1) is 7.99. The SMILES string of the molecule is CC1OC(n2cc(F)c(=O)[nH]c2=O)CCC1=O. The smallest absolute Gasteiger partial charge is 0.330 e. The van der Waals surface area contributed by atoms with Crippen molar-refractivity contribution in [2.75, 3.05) is 0 Å². The highest BCUT2D eigenvalue weighted by Gasteiger charge is 2.27. The first-order valence-corrected chi connectivity index (χ1v) is 5.18. The van der Waals surface area contributed by atoms with Crippen molar-refractivity contribution in [2.45, 2.75) is 32.1 Å². The molecule has 7 heteroatoms. The van der Waals surface area contributed by atoms with Crippen molar-refractivity contribution in [1.82, 2.24) is 9.55 Å². The molecule has 2 rings (SSSR count). The molecule has 2 atom stereocenters. The van der Waals surface area contributed by atoms with E-state index < -0.39 is 29.4 Å². The highest BCUT2D eigenvalue weighted by Crippen LogP contribution is 2.22. The monoisotopic (exact) mass is 242 g/mol. The summed E-state index contributed by atoms with van der Waals surface area (Å²) in [6.07, 6.45) is -0.000686. The predicted molar refractivity (Wildman–Crippen MR) is 55.1 cm³/mol. The number of Topliss-reactive ketones (excluding diaryl/α,β-unsaturated/α-hetero) is 1. The van der Waals surface area contributed by atoms with Gasteiger partial charge >= 0.3 is 5.69 Å². The van der Waals surface area contributed by atoms with Gasteiger partial charge in [-0.2, -0.15) is 4.39 Å². The van der Waals surface area contributed by atoms with Gasteiger partial charge in [0.25, 0.3) is 5.56 Å². The Morgan fingerprint density at radius 2 is 2.18 bits per heavy atom. The van der Waals surface area contributed by atoms with Crippen LogP contribution in [0.4, 0.5) is 4.39 Å². The van der Waals surface area contributed by atoms with Crippen molar-refractivity contribution in [3.05, 3.63) is 32.9 Å². The molecule has 0 aliphatic carbocycles. The number of hydrogen-bond acceptors (Lipinski definition) is 4. The number of H-pyrrole nitrogens is 1. The maximum Gasteiger partial charge on any atom is 0.330 e.